The lowest BCUT2D eigenvalue weighted by molar-refractivity contribution is 0.500. The Morgan fingerprint density at radius 3 is 2.24 bits per heavy atom. The molecule has 0 amide bonds. The second-order valence-corrected chi connectivity index (χ2v) is 6.42. The first kappa shape index (κ1) is 17.8. The molecule has 0 radical (unpaired) electrons. The molecule has 4 nitrogen and oxygen atoms in total. The molecule has 1 aromatic rings. The Kier molecular flexibility index (Phi) is 6.52. The van der Waals surface area contributed by atoms with Crippen LogP contribution in [0.25, 0.3) is 0 Å². The first-order valence-electron chi connectivity index (χ1n) is 7.74. The van der Waals surface area contributed by atoms with E-state index >= 15 is 0 Å². The summed E-state index contributed by atoms with van der Waals surface area (Å²) in [6.45, 7) is 10.8. The highest BCUT2D eigenvalue weighted by atomic mass is 32.1. The van der Waals surface area contributed by atoms with Crippen LogP contribution < -0.4 is 10.6 Å². The third kappa shape index (κ3) is 4.13. The maximum absolute atomic E-state index is 5.99. The van der Waals surface area contributed by atoms with Gasteiger partial charge in [-0.2, -0.15) is 5.10 Å². The van der Waals surface area contributed by atoms with Crippen LogP contribution in [0.3, 0.4) is 0 Å². The van der Waals surface area contributed by atoms with Crippen LogP contribution in [-0.2, 0) is 12.8 Å². The lowest BCUT2D eigenvalue weighted by Crippen LogP contribution is -2.34. The van der Waals surface area contributed by atoms with Gasteiger partial charge >= 0.3 is 0 Å². The zero-order chi connectivity index (χ0) is 16.2. The van der Waals surface area contributed by atoms with Crippen molar-refractivity contribution in [3.8, 4) is 0 Å². The van der Waals surface area contributed by atoms with E-state index in [0.717, 1.165) is 41.9 Å². The number of nitrogens with two attached hydrogens (primary N) is 1. The Balaban J connectivity index is 3.32. The fourth-order valence-corrected chi connectivity index (χ4v) is 2.93. The highest BCUT2D eigenvalue weighted by Crippen LogP contribution is 2.26. The van der Waals surface area contributed by atoms with Gasteiger partial charge in [-0.25, -0.2) is 0 Å². The van der Waals surface area contributed by atoms with Crippen molar-refractivity contribution >= 4 is 23.0 Å². The van der Waals surface area contributed by atoms with Gasteiger partial charge < -0.3 is 10.6 Å². The standard InChI is InChI=1S/C16H28N4S/c1-7-12-13(8-2)18-19-16(14(12)15(17)21)20(6)11(5)9-10(3)4/h10-11H,7-9H2,1-6H3,(H2,17,21). The topological polar surface area (TPSA) is 55.0 Å². The predicted molar refractivity (Wildman–Crippen MR) is 94.0 cm³/mol. The molecule has 0 saturated carbocycles. The molecule has 0 spiro atoms. The van der Waals surface area contributed by atoms with E-state index in [-0.39, 0.29) is 0 Å². The molecular weight excluding hydrogens is 280 g/mol. The first-order valence-corrected chi connectivity index (χ1v) is 8.15. The largest absolute Gasteiger partial charge is 0.389 e. The fourth-order valence-electron chi connectivity index (χ4n) is 2.72. The van der Waals surface area contributed by atoms with E-state index in [0.29, 0.717) is 16.9 Å². The Labute approximate surface area is 134 Å². The van der Waals surface area contributed by atoms with Crippen LogP contribution in [0.15, 0.2) is 0 Å². The van der Waals surface area contributed by atoms with Crippen molar-refractivity contribution in [1.82, 2.24) is 10.2 Å². The van der Waals surface area contributed by atoms with Gasteiger partial charge in [-0.3, -0.25) is 0 Å². The summed E-state index contributed by atoms with van der Waals surface area (Å²) in [6.07, 6.45) is 2.80. The average molecular weight is 308 g/mol. The third-order valence-corrected chi connectivity index (χ3v) is 4.09. The lowest BCUT2D eigenvalue weighted by atomic mass is 10.0. The molecule has 0 saturated heterocycles. The lowest BCUT2D eigenvalue weighted by Gasteiger charge is -2.29. The van der Waals surface area contributed by atoms with Gasteiger partial charge in [0.05, 0.1) is 11.3 Å². The van der Waals surface area contributed by atoms with Crippen LogP contribution in [0, 0.1) is 5.92 Å². The quantitative estimate of drug-likeness (QED) is 0.784. The van der Waals surface area contributed by atoms with E-state index in [1.807, 2.05) is 7.05 Å². The summed E-state index contributed by atoms with van der Waals surface area (Å²) >= 11 is 5.29. The normalized spacial score (nSPS) is 12.5. The van der Waals surface area contributed by atoms with Crippen LogP contribution in [0.5, 0.6) is 0 Å². The minimum atomic E-state index is 0.365. The number of aromatic nitrogens is 2. The molecule has 21 heavy (non-hydrogen) atoms. The number of hydrogen-bond donors (Lipinski definition) is 1. The monoisotopic (exact) mass is 308 g/mol. The van der Waals surface area contributed by atoms with Gasteiger partial charge in [0.1, 0.15) is 4.99 Å². The van der Waals surface area contributed by atoms with Crippen molar-refractivity contribution in [2.75, 3.05) is 11.9 Å². The van der Waals surface area contributed by atoms with Crippen LogP contribution in [0.1, 0.15) is 57.9 Å². The first-order chi connectivity index (χ1) is 9.83. The molecule has 1 rings (SSSR count). The van der Waals surface area contributed by atoms with Gasteiger partial charge in [-0.1, -0.05) is 39.9 Å². The van der Waals surface area contributed by atoms with Crippen molar-refractivity contribution < 1.29 is 0 Å². The summed E-state index contributed by atoms with van der Waals surface area (Å²) in [5, 5.41) is 8.80. The second-order valence-electron chi connectivity index (χ2n) is 5.98. The van der Waals surface area contributed by atoms with Crippen molar-refractivity contribution in [3.05, 3.63) is 16.8 Å². The SMILES string of the molecule is CCc1nnc(N(C)C(C)CC(C)C)c(C(N)=S)c1CC. The Hall–Kier alpha value is -1.23. The highest BCUT2D eigenvalue weighted by Gasteiger charge is 2.22. The Morgan fingerprint density at radius 2 is 1.81 bits per heavy atom. The molecule has 1 atom stereocenters. The minimum absolute atomic E-state index is 0.365. The smallest absolute Gasteiger partial charge is 0.161 e. The number of thiocarbonyl (C=S) groups is 1. The molecule has 2 N–H and O–H groups in total. The van der Waals surface area contributed by atoms with Gasteiger partial charge in [0.25, 0.3) is 0 Å². The molecule has 5 heteroatoms. The summed E-state index contributed by atoms with van der Waals surface area (Å²) in [7, 11) is 2.05. The maximum atomic E-state index is 5.99. The van der Waals surface area contributed by atoms with Gasteiger partial charge in [-0.05, 0) is 37.7 Å². The van der Waals surface area contributed by atoms with Crippen molar-refractivity contribution in [2.24, 2.45) is 11.7 Å². The molecule has 1 unspecified atom stereocenters. The van der Waals surface area contributed by atoms with Gasteiger partial charge in [0.2, 0.25) is 0 Å². The molecule has 0 bridgehead atoms. The van der Waals surface area contributed by atoms with Crippen molar-refractivity contribution in [1.29, 1.82) is 0 Å². The van der Waals surface area contributed by atoms with Crippen molar-refractivity contribution in [3.63, 3.8) is 0 Å². The number of hydrogen-bond acceptors (Lipinski definition) is 4. The number of nitrogens with zero attached hydrogens (tertiary/aromatic N) is 3. The van der Waals surface area contributed by atoms with E-state index < -0.39 is 0 Å². The number of aryl methyl sites for hydroxylation is 1. The van der Waals surface area contributed by atoms with Crippen LogP contribution in [0.4, 0.5) is 5.82 Å². The molecule has 118 valence electrons. The predicted octanol–water partition coefficient (Wildman–Crippen LogP) is 3.11. The molecule has 1 heterocycles. The van der Waals surface area contributed by atoms with Crippen LogP contribution in [0.2, 0.25) is 0 Å². The van der Waals surface area contributed by atoms with E-state index in [4.69, 9.17) is 18.0 Å². The summed E-state index contributed by atoms with van der Waals surface area (Å²) in [5.41, 5.74) is 9.02. The molecule has 0 aromatic carbocycles. The minimum Gasteiger partial charge on any atom is -0.389 e. The van der Waals surface area contributed by atoms with Gasteiger partial charge in [-0.15, -0.1) is 5.10 Å². The molecule has 0 aliphatic heterocycles. The highest BCUT2D eigenvalue weighted by molar-refractivity contribution is 7.80. The molecule has 1 aromatic heterocycles. The van der Waals surface area contributed by atoms with E-state index in [1.165, 1.54) is 0 Å². The van der Waals surface area contributed by atoms with Gasteiger partial charge in [0.15, 0.2) is 5.82 Å². The van der Waals surface area contributed by atoms with E-state index in [1.54, 1.807) is 0 Å². The van der Waals surface area contributed by atoms with Crippen molar-refractivity contribution in [2.45, 2.75) is 59.9 Å². The zero-order valence-electron chi connectivity index (χ0n) is 14.1. The summed E-state index contributed by atoms with van der Waals surface area (Å²) in [6, 6.07) is 0.365. The maximum Gasteiger partial charge on any atom is 0.161 e. The zero-order valence-corrected chi connectivity index (χ0v) is 14.9. The number of rotatable bonds is 7. The summed E-state index contributed by atoms with van der Waals surface area (Å²) < 4.78 is 0. The second kappa shape index (κ2) is 7.69. The van der Waals surface area contributed by atoms with E-state index in [2.05, 4.69) is 49.7 Å². The van der Waals surface area contributed by atoms with E-state index in [9.17, 15) is 0 Å². The van der Waals surface area contributed by atoms with Gasteiger partial charge in [0, 0.05) is 13.1 Å². The number of anilines is 1. The molecule has 0 aliphatic carbocycles. The fraction of sp³-hybridized carbons (Fsp3) is 0.688. The Bertz CT molecular complexity index is 499. The Morgan fingerprint density at radius 1 is 1.19 bits per heavy atom. The molecule has 0 aliphatic rings. The molecule has 0 fully saturated rings. The summed E-state index contributed by atoms with van der Waals surface area (Å²) in [5.74, 6) is 1.44. The van der Waals surface area contributed by atoms with Crippen LogP contribution in [-0.4, -0.2) is 28.3 Å². The summed E-state index contributed by atoms with van der Waals surface area (Å²) in [4.78, 5) is 2.56. The third-order valence-electron chi connectivity index (χ3n) is 3.88. The average Bonchev–Trinajstić information content (AvgIpc) is 2.43. The van der Waals surface area contributed by atoms with Crippen LogP contribution >= 0.6 is 12.2 Å². The molecular formula is C16H28N4S.